The fourth-order valence-corrected chi connectivity index (χ4v) is 1.34. The van der Waals surface area contributed by atoms with Crippen molar-refractivity contribution >= 4 is 0 Å². The van der Waals surface area contributed by atoms with Crippen LogP contribution >= 0.6 is 0 Å². The lowest BCUT2D eigenvalue weighted by molar-refractivity contribution is 1.21. The van der Waals surface area contributed by atoms with E-state index in [1.54, 1.807) is 48.5 Å². The van der Waals surface area contributed by atoms with Crippen LogP contribution in [0.2, 0.25) is 0 Å². The molecule has 0 aliphatic rings. The molecule has 0 saturated heterocycles. The van der Waals surface area contributed by atoms with Crippen molar-refractivity contribution in [3.63, 3.8) is 0 Å². The second-order valence-electron chi connectivity index (χ2n) is 3.35. The molecule has 0 atom stereocenters. The van der Waals surface area contributed by atoms with Crippen molar-refractivity contribution in [1.82, 2.24) is 0 Å². The van der Waals surface area contributed by atoms with Gasteiger partial charge in [0.05, 0.1) is 0 Å². The summed E-state index contributed by atoms with van der Waals surface area (Å²) in [7, 11) is 0. The molecule has 0 heteroatoms. The zero-order chi connectivity index (χ0) is 14.6. The molecule has 2 rings (SSSR count). The van der Waals surface area contributed by atoms with E-state index >= 15 is 0 Å². The van der Waals surface area contributed by atoms with E-state index in [1.165, 1.54) is 12.2 Å². The van der Waals surface area contributed by atoms with Crippen molar-refractivity contribution in [1.29, 1.82) is 0 Å². The van der Waals surface area contributed by atoms with Crippen molar-refractivity contribution in [3.05, 3.63) is 83.9 Å². The SMILES string of the molecule is [2H]C([2H])(/C=C\C([2H])([2H])c1ccccc1)c1ccccc1. The van der Waals surface area contributed by atoms with E-state index in [0.29, 0.717) is 11.1 Å². The quantitative estimate of drug-likeness (QED) is 0.671. The van der Waals surface area contributed by atoms with Gasteiger partial charge in [0.2, 0.25) is 0 Å². The highest BCUT2D eigenvalue weighted by Crippen LogP contribution is 2.03. The first kappa shape index (κ1) is 6.70. The smallest absolute Gasteiger partial charge is 0.0359 e. The van der Waals surface area contributed by atoms with Crippen LogP contribution in [-0.2, 0) is 12.7 Å². The molecule has 0 spiro atoms. The van der Waals surface area contributed by atoms with Gasteiger partial charge in [-0.15, -0.1) is 0 Å². The minimum absolute atomic E-state index is 0.514. The number of benzene rings is 2. The highest BCUT2D eigenvalue weighted by molar-refractivity contribution is 5.20. The van der Waals surface area contributed by atoms with Gasteiger partial charge in [0, 0.05) is 5.48 Å². The van der Waals surface area contributed by atoms with Gasteiger partial charge in [0.1, 0.15) is 0 Å². The first-order valence-corrected chi connectivity index (χ1v) is 5.23. The van der Waals surface area contributed by atoms with E-state index in [1.807, 2.05) is 12.1 Å². The van der Waals surface area contributed by atoms with E-state index in [-0.39, 0.29) is 0 Å². The van der Waals surface area contributed by atoms with Gasteiger partial charge < -0.3 is 0 Å². The predicted molar refractivity (Wildman–Crippen MR) is 69.4 cm³/mol. The molecule has 0 nitrogen and oxygen atoms in total. The molecule has 0 bridgehead atoms. The molecule has 0 amide bonds. The fraction of sp³-hybridized carbons (Fsp3) is 0.125. The molecule has 0 N–H and O–H groups in total. The molecule has 0 saturated carbocycles. The second kappa shape index (κ2) is 5.92. The van der Waals surface area contributed by atoms with E-state index in [9.17, 15) is 0 Å². The van der Waals surface area contributed by atoms with Crippen molar-refractivity contribution in [2.24, 2.45) is 0 Å². The topological polar surface area (TPSA) is 0 Å². The Labute approximate surface area is 103 Å². The van der Waals surface area contributed by atoms with Crippen LogP contribution in [-0.4, -0.2) is 0 Å². The van der Waals surface area contributed by atoms with Crippen LogP contribution in [0.3, 0.4) is 0 Å². The molecule has 0 radical (unpaired) electrons. The lowest BCUT2D eigenvalue weighted by Gasteiger charge is -1.96. The van der Waals surface area contributed by atoms with Crippen molar-refractivity contribution in [2.75, 3.05) is 0 Å². The van der Waals surface area contributed by atoms with Gasteiger partial charge in [0.15, 0.2) is 0 Å². The molecule has 0 aliphatic carbocycles. The summed E-state index contributed by atoms with van der Waals surface area (Å²) in [4.78, 5) is 0. The highest BCUT2D eigenvalue weighted by Gasteiger charge is 1.87. The Morgan fingerprint density at radius 2 is 1.06 bits per heavy atom. The Morgan fingerprint density at radius 1 is 0.688 bits per heavy atom. The van der Waals surface area contributed by atoms with Crippen LogP contribution in [0.15, 0.2) is 72.8 Å². The molecule has 80 valence electrons. The summed E-state index contributed by atoms with van der Waals surface area (Å²) in [6.07, 6.45) is -0.808. The van der Waals surface area contributed by atoms with Gasteiger partial charge in [0.25, 0.3) is 0 Å². The van der Waals surface area contributed by atoms with Crippen LogP contribution in [0, 0.1) is 0 Å². The second-order valence-corrected chi connectivity index (χ2v) is 3.35. The molecule has 2 aromatic rings. The summed E-state index contributed by atoms with van der Waals surface area (Å²) in [5.41, 5.74) is 1.03. The normalized spacial score (nSPS) is 16.2. The molecular formula is C16H16. The fourth-order valence-electron chi connectivity index (χ4n) is 1.34. The molecule has 0 aromatic heterocycles. The standard InChI is InChI=1S/C16H16/c1-3-9-15(10-4-1)13-7-8-14-16-11-5-2-6-12-16/h1-12H,13-14H2/b8-7-/i13D2,14D2. The Kier molecular flexibility index (Phi) is 2.48. The Hall–Kier alpha value is -1.82. The van der Waals surface area contributed by atoms with Crippen molar-refractivity contribution < 1.29 is 5.48 Å². The lowest BCUT2D eigenvalue weighted by atomic mass is 10.1. The third kappa shape index (κ3) is 3.39. The first-order valence-electron chi connectivity index (χ1n) is 7.23. The van der Waals surface area contributed by atoms with Gasteiger partial charge >= 0.3 is 0 Å². The van der Waals surface area contributed by atoms with Gasteiger partial charge in [-0.05, 0) is 23.9 Å². The minimum atomic E-state index is -1.69. The van der Waals surface area contributed by atoms with E-state index in [0.717, 1.165) is 0 Å². The first-order chi connectivity index (χ1) is 9.42. The molecule has 0 aliphatic heterocycles. The van der Waals surface area contributed by atoms with Crippen LogP contribution in [0.1, 0.15) is 16.6 Å². The van der Waals surface area contributed by atoms with Crippen LogP contribution in [0.5, 0.6) is 0 Å². The van der Waals surface area contributed by atoms with Crippen LogP contribution < -0.4 is 0 Å². The molecule has 0 unspecified atom stereocenters. The zero-order valence-electron chi connectivity index (χ0n) is 12.9. The van der Waals surface area contributed by atoms with Crippen LogP contribution in [0.25, 0.3) is 0 Å². The third-order valence-corrected chi connectivity index (χ3v) is 2.13. The van der Waals surface area contributed by atoms with Gasteiger partial charge in [-0.3, -0.25) is 0 Å². The molecule has 0 heterocycles. The summed E-state index contributed by atoms with van der Waals surface area (Å²) < 4.78 is 32.1. The van der Waals surface area contributed by atoms with Gasteiger partial charge in [-0.2, -0.15) is 0 Å². The van der Waals surface area contributed by atoms with E-state index < -0.39 is 12.7 Å². The average molecular weight is 212 g/mol. The number of hydrogen-bond acceptors (Lipinski definition) is 0. The Balaban J connectivity index is 2.24. The molecule has 2 aromatic carbocycles. The van der Waals surface area contributed by atoms with Gasteiger partial charge in [-0.1, -0.05) is 72.8 Å². The summed E-state index contributed by atoms with van der Waals surface area (Å²) >= 11 is 0. The third-order valence-electron chi connectivity index (χ3n) is 2.13. The zero-order valence-corrected chi connectivity index (χ0v) is 8.93. The maximum absolute atomic E-state index is 8.02. The predicted octanol–water partition coefficient (Wildman–Crippen LogP) is 4.03. The van der Waals surface area contributed by atoms with Crippen molar-refractivity contribution in [3.8, 4) is 0 Å². The van der Waals surface area contributed by atoms with E-state index in [4.69, 9.17) is 5.48 Å². The molecule has 0 fully saturated rings. The van der Waals surface area contributed by atoms with Gasteiger partial charge in [-0.25, -0.2) is 0 Å². The molecule has 16 heavy (non-hydrogen) atoms. The lowest BCUT2D eigenvalue weighted by Crippen LogP contribution is -1.81. The largest absolute Gasteiger partial charge is 0.0838 e. The van der Waals surface area contributed by atoms with E-state index in [2.05, 4.69) is 0 Å². The minimum Gasteiger partial charge on any atom is -0.0838 e. The summed E-state index contributed by atoms with van der Waals surface area (Å²) in [5, 5.41) is 0. The van der Waals surface area contributed by atoms with Crippen molar-refractivity contribution in [2.45, 2.75) is 12.7 Å². The Morgan fingerprint density at radius 3 is 1.44 bits per heavy atom. The summed E-state index contributed by atoms with van der Waals surface area (Å²) in [6.45, 7) is 0. The maximum Gasteiger partial charge on any atom is 0.0359 e. The number of rotatable bonds is 4. The monoisotopic (exact) mass is 212 g/mol. The molecular weight excluding hydrogens is 192 g/mol. The highest BCUT2D eigenvalue weighted by atomic mass is 13.9. The summed E-state index contributed by atoms with van der Waals surface area (Å²) in [6, 6.07) is 17.5. The number of hydrogen-bond donors (Lipinski definition) is 0. The number of allylic oxidation sites excluding steroid dienone is 2. The van der Waals surface area contributed by atoms with Crippen LogP contribution in [0.4, 0.5) is 0 Å². The maximum atomic E-state index is 8.02. The summed E-state index contributed by atoms with van der Waals surface area (Å²) in [5.74, 6) is 0. The Bertz CT molecular complexity index is 520. The average Bonchev–Trinajstić information content (AvgIpc) is 2.47.